The van der Waals surface area contributed by atoms with E-state index in [1.54, 1.807) is 48.5 Å². The Bertz CT molecular complexity index is 857. The number of hydrogen-bond donors (Lipinski definition) is 1. The quantitative estimate of drug-likeness (QED) is 0.806. The number of para-hydroxylation sites is 1. The van der Waals surface area contributed by atoms with Gasteiger partial charge >= 0.3 is 0 Å². The van der Waals surface area contributed by atoms with Crippen molar-refractivity contribution in [1.29, 1.82) is 0 Å². The van der Waals surface area contributed by atoms with Crippen molar-refractivity contribution in [3.8, 4) is 0 Å². The zero-order valence-corrected chi connectivity index (χ0v) is 16.1. The van der Waals surface area contributed by atoms with Gasteiger partial charge in [-0.15, -0.1) is 0 Å². The Hall–Kier alpha value is -1.76. The number of nitrogens with one attached hydrogen (secondary N) is 1. The first-order valence-electron chi connectivity index (χ1n) is 7.46. The van der Waals surface area contributed by atoms with Gasteiger partial charge in [-0.1, -0.05) is 47.5 Å². The molecule has 2 aromatic carbocycles. The molecule has 2 aromatic rings. The molecule has 0 radical (unpaired) electrons. The van der Waals surface area contributed by atoms with Gasteiger partial charge in [-0.3, -0.25) is 9.10 Å². The Labute approximate surface area is 157 Å². The molecule has 0 aromatic heterocycles. The Morgan fingerprint density at radius 3 is 2.36 bits per heavy atom. The first-order valence-corrected chi connectivity index (χ1v) is 10.1. The molecule has 0 bridgehead atoms. The van der Waals surface area contributed by atoms with Crippen LogP contribution in [0.2, 0.25) is 10.0 Å². The number of nitrogens with zero attached hydrogens (tertiary/aromatic N) is 1. The summed E-state index contributed by atoms with van der Waals surface area (Å²) in [4.78, 5) is 12.5. The van der Waals surface area contributed by atoms with E-state index in [4.69, 9.17) is 23.2 Å². The van der Waals surface area contributed by atoms with Crippen molar-refractivity contribution in [2.75, 3.05) is 10.6 Å². The molecule has 0 aliphatic heterocycles. The molecular formula is C17H18Cl2N2O3S. The molecule has 0 unspecified atom stereocenters. The molecule has 8 heteroatoms. The van der Waals surface area contributed by atoms with Gasteiger partial charge in [0.15, 0.2) is 0 Å². The monoisotopic (exact) mass is 400 g/mol. The second-order valence-electron chi connectivity index (χ2n) is 5.52. The number of carbonyl (C=O) groups is 1. The summed E-state index contributed by atoms with van der Waals surface area (Å²) in [5, 5.41) is 3.64. The minimum absolute atomic E-state index is 0.172. The molecule has 0 saturated carbocycles. The highest BCUT2D eigenvalue weighted by atomic mass is 35.5. The molecular weight excluding hydrogens is 383 g/mol. The minimum Gasteiger partial charge on any atom is -0.350 e. The molecule has 5 nitrogen and oxygen atoms in total. The molecule has 0 heterocycles. The van der Waals surface area contributed by atoms with Crippen LogP contribution in [0, 0.1) is 0 Å². The number of benzene rings is 2. The number of halogens is 2. The maximum absolute atomic E-state index is 12.5. The number of anilines is 1. The molecule has 0 aliphatic carbocycles. The molecule has 134 valence electrons. The highest BCUT2D eigenvalue weighted by Crippen LogP contribution is 2.22. The van der Waals surface area contributed by atoms with Crippen LogP contribution in [0.3, 0.4) is 0 Å². The third kappa shape index (κ3) is 5.11. The topological polar surface area (TPSA) is 66.5 Å². The van der Waals surface area contributed by atoms with Gasteiger partial charge in [0.1, 0.15) is 6.04 Å². The number of carbonyl (C=O) groups excluding carboxylic acids is 1. The van der Waals surface area contributed by atoms with Crippen LogP contribution in [-0.4, -0.2) is 26.6 Å². The van der Waals surface area contributed by atoms with Crippen molar-refractivity contribution >= 4 is 44.8 Å². The first-order chi connectivity index (χ1) is 11.7. The lowest BCUT2D eigenvalue weighted by Crippen LogP contribution is -2.47. The van der Waals surface area contributed by atoms with Crippen molar-refractivity contribution < 1.29 is 13.2 Å². The Kier molecular flexibility index (Phi) is 6.32. The van der Waals surface area contributed by atoms with E-state index in [1.807, 2.05) is 0 Å². The fourth-order valence-electron chi connectivity index (χ4n) is 2.38. The molecule has 0 fully saturated rings. The zero-order valence-electron chi connectivity index (χ0n) is 13.7. The van der Waals surface area contributed by atoms with Crippen LogP contribution < -0.4 is 9.62 Å². The van der Waals surface area contributed by atoms with Gasteiger partial charge in [0.25, 0.3) is 0 Å². The SMILES string of the molecule is C[C@@H](C(=O)NCc1ccc(Cl)cc1Cl)N(c1ccccc1)S(C)(=O)=O. The summed E-state index contributed by atoms with van der Waals surface area (Å²) in [5.74, 6) is -0.430. The summed E-state index contributed by atoms with van der Waals surface area (Å²) in [6.45, 7) is 1.71. The van der Waals surface area contributed by atoms with Crippen LogP contribution >= 0.6 is 23.2 Å². The van der Waals surface area contributed by atoms with Gasteiger partial charge in [-0.05, 0) is 36.8 Å². The smallest absolute Gasteiger partial charge is 0.243 e. The van der Waals surface area contributed by atoms with E-state index in [9.17, 15) is 13.2 Å². The lowest BCUT2D eigenvalue weighted by Gasteiger charge is -2.28. The molecule has 1 amide bonds. The second-order valence-corrected chi connectivity index (χ2v) is 8.23. The molecule has 25 heavy (non-hydrogen) atoms. The number of sulfonamides is 1. The fourth-order valence-corrected chi connectivity index (χ4v) is 4.03. The largest absolute Gasteiger partial charge is 0.350 e. The van der Waals surface area contributed by atoms with E-state index in [-0.39, 0.29) is 6.54 Å². The molecule has 2 rings (SSSR count). The average Bonchev–Trinajstić information content (AvgIpc) is 2.53. The van der Waals surface area contributed by atoms with Crippen LogP contribution in [0.4, 0.5) is 5.69 Å². The Balaban J connectivity index is 2.16. The lowest BCUT2D eigenvalue weighted by molar-refractivity contribution is -0.122. The van der Waals surface area contributed by atoms with E-state index in [1.165, 1.54) is 6.92 Å². The highest BCUT2D eigenvalue weighted by molar-refractivity contribution is 7.92. The molecule has 1 atom stereocenters. The fraction of sp³-hybridized carbons (Fsp3) is 0.235. The van der Waals surface area contributed by atoms with E-state index in [0.717, 1.165) is 10.6 Å². The molecule has 0 saturated heterocycles. The first kappa shape index (κ1) is 19.6. The van der Waals surface area contributed by atoms with Crippen molar-refractivity contribution in [1.82, 2.24) is 5.32 Å². The molecule has 0 spiro atoms. The van der Waals surface area contributed by atoms with Gasteiger partial charge < -0.3 is 5.32 Å². The van der Waals surface area contributed by atoms with Crippen molar-refractivity contribution in [3.05, 3.63) is 64.1 Å². The number of hydrogen-bond acceptors (Lipinski definition) is 3. The van der Waals surface area contributed by atoms with Crippen molar-refractivity contribution in [2.45, 2.75) is 19.5 Å². The predicted molar refractivity (Wildman–Crippen MR) is 102 cm³/mol. The van der Waals surface area contributed by atoms with Crippen LogP contribution in [0.5, 0.6) is 0 Å². The molecule has 0 aliphatic rings. The van der Waals surface area contributed by atoms with Crippen LogP contribution in [0.25, 0.3) is 0 Å². The van der Waals surface area contributed by atoms with Gasteiger partial charge in [0.05, 0.1) is 11.9 Å². The Morgan fingerprint density at radius 2 is 1.80 bits per heavy atom. The van der Waals surface area contributed by atoms with Crippen LogP contribution in [-0.2, 0) is 21.4 Å². The average molecular weight is 401 g/mol. The number of amides is 1. The van der Waals surface area contributed by atoms with Crippen molar-refractivity contribution in [3.63, 3.8) is 0 Å². The van der Waals surface area contributed by atoms with Crippen LogP contribution in [0.15, 0.2) is 48.5 Å². The summed E-state index contributed by atoms with van der Waals surface area (Å²) in [7, 11) is -3.63. The van der Waals surface area contributed by atoms with Gasteiger partial charge in [0, 0.05) is 16.6 Å². The number of rotatable bonds is 6. The van der Waals surface area contributed by atoms with Gasteiger partial charge in [-0.2, -0.15) is 0 Å². The van der Waals surface area contributed by atoms with Gasteiger partial charge in [-0.25, -0.2) is 8.42 Å². The van der Waals surface area contributed by atoms with Gasteiger partial charge in [0.2, 0.25) is 15.9 Å². The van der Waals surface area contributed by atoms with Crippen LogP contribution in [0.1, 0.15) is 12.5 Å². The summed E-state index contributed by atoms with van der Waals surface area (Å²) >= 11 is 11.9. The summed E-state index contributed by atoms with van der Waals surface area (Å²) in [6, 6.07) is 12.5. The normalized spacial score (nSPS) is 12.5. The van der Waals surface area contributed by atoms with E-state index >= 15 is 0 Å². The standard InChI is InChI=1S/C17H18Cl2N2O3S/c1-12(21(25(2,23)24)15-6-4-3-5-7-15)17(22)20-11-13-8-9-14(18)10-16(13)19/h3-10,12H,11H2,1-2H3,(H,20,22)/t12-/m0/s1. The maximum Gasteiger partial charge on any atom is 0.243 e. The molecule has 1 N–H and O–H groups in total. The summed E-state index contributed by atoms with van der Waals surface area (Å²) in [5.41, 5.74) is 1.12. The Morgan fingerprint density at radius 1 is 1.16 bits per heavy atom. The third-order valence-corrected chi connectivity index (χ3v) is 5.40. The predicted octanol–water partition coefficient (Wildman–Crippen LogP) is 3.46. The lowest BCUT2D eigenvalue weighted by atomic mass is 10.2. The summed E-state index contributed by atoms with van der Waals surface area (Å²) < 4.78 is 25.4. The van der Waals surface area contributed by atoms with Crippen molar-refractivity contribution in [2.24, 2.45) is 0 Å². The van der Waals surface area contributed by atoms with E-state index in [0.29, 0.717) is 21.3 Å². The summed E-state index contributed by atoms with van der Waals surface area (Å²) in [6.07, 6.45) is 1.07. The second kappa shape index (κ2) is 8.08. The zero-order chi connectivity index (χ0) is 18.6. The maximum atomic E-state index is 12.5. The minimum atomic E-state index is -3.63. The highest BCUT2D eigenvalue weighted by Gasteiger charge is 2.28. The van der Waals surface area contributed by atoms with E-state index in [2.05, 4.69) is 5.32 Å². The third-order valence-electron chi connectivity index (χ3n) is 3.57. The van der Waals surface area contributed by atoms with E-state index < -0.39 is 22.0 Å².